The van der Waals surface area contributed by atoms with Crippen LogP contribution in [0.2, 0.25) is 6.82 Å². The lowest BCUT2D eigenvalue weighted by atomic mass is 9.85. The Balaban J connectivity index is 3.40. The Morgan fingerprint density at radius 2 is 2.20 bits per heavy atom. The van der Waals surface area contributed by atoms with E-state index in [0.29, 0.717) is 6.54 Å². The summed E-state index contributed by atoms with van der Waals surface area (Å²) < 4.78 is 0. The molecule has 0 heterocycles. The molecule has 0 atom stereocenters. The standard InChI is InChI=1S/C6H17BN2O/c1-3-9(7(2)10)6-4-5-8/h10H,3-6,8H2,1-2H3. The summed E-state index contributed by atoms with van der Waals surface area (Å²) in [6.07, 6.45) is 0.957. The summed E-state index contributed by atoms with van der Waals surface area (Å²) in [5.41, 5.74) is 5.32. The first-order valence-electron chi connectivity index (χ1n) is 3.84. The molecule has 0 rings (SSSR count). The highest BCUT2D eigenvalue weighted by molar-refractivity contribution is 6.45. The van der Waals surface area contributed by atoms with Crippen LogP contribution in [0.4, 0.5) is 0 Å². The minimum absolute atomic E-state index is 0.337. The second-order valence-electron chi connectivity index (χ2n) is 2.40. The van der Waals surface area contributed by atoms with E-state index in [1.165, 1.54) is 0 Å². The van der Waals surface area contributed by atoms with Crippen LogP contribution in [0.25, 0.3) is 0 Å². The minimum atomic E-state index is -0.337. The van der Waals surface area contributed by atoms with Crippen LogP contribution in [0.3, 0.4) is 0 Å². The van der Waals surface area contributed by atoms with Gasteiger partial charge in [-0.2, -0.15) is 0 Å². The van der Waals surface area contributed by atoms with Gasteiger partial charge in [-0.05, 0) is 32.9 Å². The molecule has 0 aliphatic heterocycles. The first-order chi connectivity index (χ1) is 4.72. The van der Waals surface area contributed by atoms with Gasteiger partial charge in [0.05, 0.1) is 0 Å². The van der Waals surface area contributed by atoms with Crippen LogP contribution in [0.5, 0.6) is 0 Å². The number of rotatable bonds is 5. The smallest absolute Gasteiger partial charge is 0.376 e. The SMILES string of the molecule is CCN(CCCN)B(C)O. The molecule has 0 fully saturated rings. The highest BCUT2D eigenvalue weighted by Gasteiger charge is 2.11. The molecule has 0 aromatic heterocycles. The van der Waals surface area contributed by atoms with Crippen molar-refractivity contribution in [1.29, 1.82) is 0 Å². The van der Waals surface area contributed by atoms with Crippen molar-refractivity contribution in [2.75, 3.05) is 19.6 Å². The molecule has 0 saturated carbocycles. The van der Waals surface area contributed by atoms with Crippen LogP contribution in [0.15, 0.2) is 0 Å². The van der Waals surface area contributed by atoms with Gasteiger partial charge in [0, 0.05) is 0 Å². The maximum absolute atomic E-state index is 9.12. The Kier molecular flexibility index (Phi) is 5.68. The van der Waals surface area contributed by atoms with Gasteiger partial charge in [-0.15, -0.1) is 0 Å². The zero-order chi connectivity index (χ0) is 7.98. The largest absolute Gasteiger partial charge is 0.437 e. The van der Waals surface area contributed by atoms with E-state index in [2.05, 4.69) is 0 Å². The predicted octanol–water partition coefficient (Wildman–Crippen LogP) is -0.233. The van der Waals surface area contributed by atoms with Gasteiger partial charge >= 0.3 is 7.05 Å². The summed E-state index contributed by atoms with van der Waals surface area (Å²) >= 11 is 0. The third kappa shape index (κ3) is 3.87. The Hall–Kier alpha value is -0.0551. The molecule has 10 heavy (non-hydrogen) atoms. The van der Waals surface area contributed by atoms with Crippen molar-refractivity contribution in [3.8, 4) is 0 Å². The number of nitrogens with two attached hydrogens (primary N) is 1. The van der Waals surface area contributed by atoms with E-state index < -0.39 is 0 Å². The fourth-order valence-corrected chi connectivity index (χ4v) is 0.904. The van der Waals surface area contributed by atoms with Crippen LogP contribution in [-0.4, -0.2) is 36.5 Å². The quantitative estimate of drug-likeness (QED) is 0.524. The summed E-state index contributed by atoms with van der Waals surface area (Å²) in [6.45, 7) is 6.29. The molecule has 0 radical (unpaired) electrons. The molecule has 3 nitrogen and oxygen atoms in total. The molecule has 0 unspecified atom stereocenters. The van der Waals surface area contributed by atoms with Gasteiger partial charge in [0.2, 0.25) is 0 Å². The molecule has 0 saturated heterocycles. The molecule has 0 amide bonds. The van der Waals surface area contributed by atoms with Gasteiger partial charge in [0.25, 0.3) is 0 Å². The summed E-state index contributed by atoms with van der Waals surface area (Å²) in [6, 6.07) is 0. The summed E-state index contributed by atoms with van der Waals surface area (Å²) in [4.78, 5) is 1.98. The lowest BCUT2D eigenvalue weighted by molar-refractivity contribution is 0.376. The van der Waals surface area contributed by atoms with Gasteiger partial charge < -0.3 is 15.6 Å². The Morgan fingerprint density at radius 3 is 2.50 bits per heavy atom. The Morgan fingerprint density at radius 1 is 1.60 bits per heavy atom. The minimum Gasteiger partial charge on any atom is -0.437 e. The zero-order valence-electron chi connectivity index (χ0n) is 6.88. The normalized spacial score (nSPS) is 10.5. The van der Waals surface area contributed by atoms with Crippen LogP contribution < -0.4 is 5.73 Å². The van der Waals surface area contributed by atoms with E-state index in [1.54, 1.807) is 6.82 Å². The maximum Gasteiger partial charge on any atom is 0.376 e. The van der Waals surface area contributed by atoms with E-state index in [4.69, 9.17) is 10.8 Å². The summed E-state index contributed by atoms with van der Waals surface area (Å²) in [5, 5.41) is 9.12. The molecule has 0 aromatic rings. The van der Waals surface area contributed by atoms with Gasteiger partial charge in [-0.3, -0.25) is 0 Å². The van der Waals surface area contributed by atoms with Crippen molar-refractivity contribution < 1.29 is 5.02 Å². The molecule has 0 aliphatic carbocycles. The van der Waals surface area contributed by atoms with Crippen molar-refractivity contribution in [3.63, 3.8) is 0 Å². The second kappa shape index (κ2) is 5.71. The monoisotopic (exact) mass is 144 g/mol. The molecule has 60 valence electrons. The first kappa shape index (κ1) is 9.94. The highest BCUT2D eigenvalue weighted by atomic mass is 16.2. The summed E-state index contributed by atoms with van der Waals surface area (Å²) in [7, 11) is -0.337. The maximum atomic E-state index is 9.12. The van der Waals surface area contributed by atoms with Crippen molar-refractivity contribution in [2.24, 2.45) is 5.73 Å². The molecule has 0 aromatic carbocycles. The molecule has 0 aliphatic rings. The summed E-state index contributed by atoms with van der Waals surface area (Å²) in [5.74, 6) is 0. The Bertz CT molecular complexity index is 80.1. The molecule has 0 bridgehead atoms. The van der Waals surface area contributed by atoms with Gasteiger partial charge in [-0.25, -0.2) is 0 Å². The van der Waals surface area contributed by atoms with Crippen molar-refractivity contribution in [3.05, 3.63) is 0 Å². The van der Waals surface area contributed by atoms with E-state index in [0.717, 1.165) is 19.5 Å². The molecular formula is C6H17BN2O. The van der Waals surface area contributed by atoms with Crippen molar-refractivity contribution in [2.45, 2.75) is 20.2 Å². The van der Waals surface area contributed by atoms with Crippen LogP contribution >= 0.6 is 0 Å². The lowest BCUT2D eigenvalue weighted by Gasteiger charge is -2.20. The first-order valence-corrected chi connectivity index (χ1v) is 3.84. The fourth-order valence-electron chi connectivity index (χ4n) is 0.904. The topological polar surface area (TPSA) is 49.5 Å². The van der Waals surface area contributed by atoms with Crippen LogP contribution in [0.1, 0.15) is 13.3 Å². The number of hydrogen-bond acceptors (Lipinski definition) is 3. The molecule has 0 spiro atoms. The number of hydrogen-bond donors (Lipinski definition) is 2. The fraction of sp³-hybridized carbons (Fsp3) is 1.00. The van der Waals surface area contributed by atoms with Crippen LogP contribution in [0, 0.1) is 0 Å². The third-order valence-corrected chi connectivity index (χ3v) is 1.58. The van der Waals surface area contributed by atoms with E-state index >= 15 is 0 Å². The van der Waals surface area contributed by atoms with E-state index in [9.17, 15) is 0 Å². The average Bonchev–Trinajstić information content (AvgIpc) is 1.89. The number of nitrogens with zero attached hydrogens (tertiary/aromatic N) is 1. The van der Waals surface area contributed by atoms with Crippen molar-refractivity contribution >= 4 is 7.05 Å². The average molecular weight is 144 g/mol. The van der Waals surface area contributed by atoms with Crippen LogP contribution in [-0.2, 0) is 0 Å². The van der Waals surface area contributed by atoms with Gasteiger partial charge in [0.1, 0.15) is 0 Å². The lowest BCUT2D eigenvalue weighted by Crippen LogP contribution is -2.38. The molecule has 4 heteroatoms. The molecular weight excluding hydrogens is 127 g/mol. The predicted molar refractivity (Wildman–Crippen MR) is 44.8 cm³/mol. The third-order valence-electron chi connectivity index (χ3n) is 1.58. The van der Waals surface area contributed by atoms with E-state index in [-0.39, 0.29) is 7.05 Å². The van der Waals surface area contributed by atoms with Crippen molar-refractivity contribution in [1.82, 2.24) is 4.81 Å². The highest BCUT2D eigenvalue weighted by Crippen LogP contribution is 1.92. The Labute approximate surface area is 63.3 Å². The van der Waals surface area contributed by atoms with Gasteiger partial charge in [0.15, 0.2) is 0 Å². The zero-order valence-corrected chi connectivity index (χ0v) is 6.88. The van der Waals surface area contributed by atoms with E-state index in [1.807, 2.05) is 11.7 Å². The second-order valence-corrected chi connectivity index (χ2v) is 2.40. The van der Waals surface area contributed by atoms with Gasteiger partial charge in [-0.1, -0.05) is 6.92 Å². The molecule has 3 N–H and O–H groups in total.